The Bertz CT molecular complexity index is 569. The van der Waals surface area contributed by atoms with Gasteiger partial charge in [-0.15, -0.1) is 0 Å². The third-order valence-electron chi connectivity index (χ3n) is 4.62. The summed E-state index contributed by atoms with van der Waals surface area (Å²) in [6.45, 7) is 4.52. The zero-order chi connectivity index (χ0) is 14.0. The molecule has 2 N–H and O–H groups in total. The molecule has 0 aliphatic carbocycles. The summed E-state index contributed by atoms with van der Waals surface area (Å²) >= 11 is 0. The molecule has 1 aliphatic heterocycles. The molecule has 0 unspecified atom stereocenters. The maximum absolute atomic E-state index is 6.09. The monoisotopic (exact) mass is 266 g/mol. The van der Waals surface area contributed by atoms with Crippen molar-refractivity contribution in [2.45, 2.75) is 25.2 Å². The molecule has 0 saturated carbocycles. The van der Waals surface area contributed by atoms with Gasteiger partial charge in [0.15, 0.2) is 0 Å². The fourth-order valence-corrected chi connectivity index (χ4v) is 3.15. The second-order valence-electron chi connectivity index (χ2n) is 5.97. The molecule has 1 saturated heterocycles. The number of piperidine rings is 1. The van der Waals surface area contributed by atoms with Gasteiger partial charge in [0, 0.05) is 13.1 Å². The summed E-state index contributed by atoms with van der Waals surface area (Å²) in [6, 6.07) is 19.1. The number of para-hydroxylation sites is 2. The highest BCUT2D eigenvalue weighted by Crippen LogP contribution is 2.37. The maximum Gasteiger partial charge on any atom is 0.0599 e. The number of anilines is 2. The number of hydrogen-bond acceptors (Lipinski definition) is 2. The Morgan fingerprint density at radius 1 is 0.900 bits per heavy atom. The molecule has 0 bridgehead atoms. The van der Waals surface area contributed by atoms with Gasteiger partial charge in [0.25, 0.3) is 0 Å². The Labute approximate surface area is 121 Å². The van der Waals surface area contributed by atoms with Crippen LogP contribution in [0.1, 0.15) is 25.3 Å². The van der Waals surface area contributed by atoms with Crippen LogP contribution < -0.4 is 10.6 Å². The molecule has 0 atom stereocenters. The highest BCUT2D eigenvalue weighted by atomic mass is 15.1. The van der Waals surface area contributed by atoms with Crippen molar-refractivity contribution in [1.82, 2.24) is 0 Å². The van der Waals surface area contributed by atoms with Crippen molar-refractivity contribution in [3.05, 3.63) is 60.2 Å². The Morgan fingerprint density at radius 2 is 1.50 bits per heavy atom. The molecule has 104 valence electrons. The van der Waals surface area contributed by atoms with Gasteiger partial charge in [-0.25, -0.2) is 0 Å². The number of rotatable bonds is 2. The van der Waals surface area contributed by atoms with Crippen LogP contribution >= 0.6 is 0 Å². The molecule has 0 amide bonds. The summed E-state index contributed by atoms with van der Waals surface area (Å²) in [5, 5.41) is 0. The minimum absolute atomic E-state index is 0.293. The van der Waals surface area contributed by atoms with Crippen LogP contribution in [0.2, 0.25) is 0 Å². The normalized spacial score (nSPS) is 17.9. The zero-order valence-electron chi connectivity index (χ0n) is 12.0. The van der Waals surface area contributed by atoms with Crippen molar-refractivity contribution in [2.75, 3.05) is 23.7 Å². The lowest BCUT2D eigenvalue weighted by molar-refractivity contribution is 0.362. The highest BCUT2D eigenvalue weighted by Gasteiger charge is 2.31. The first kappa shape index (κ1) is 13.0. The van der Waals surface area contributed by atoms with Gasteiger partial charge in [-0.2, -0.15) is 0 Å². The van der Waals surface area contributed by atoms with Crippen molar-refractivity contribution >= 4 is 11.4 Å². The molecule has 2 nitrogen and oxygen atoms in total. The average molecular weight is 266 g/mol. The number of hydrogen-bond donors (Lipinski definition) is 1. The van der Waals surface area contributed by atoms with Crippen LogP contribution in [0.4, 0.5) is 11.4 Å². The van der Waals surface area contributed by atoms with Crippen molar-refractivity contribution in [3.8, 4) is 0 Å². The molecule has 3 rings (SSSR count). The Balaban J connectivity index is 1.76. The predicted octanol–water partition coefficient (Wildman–Crippen LogP) is 3.83. The van der Waals surface area contributed by atoms with E-state index in [-0.39, 0.29) is 0 Å². The standard InChI is InChI=1S/C18H22N2/c1-18(15-7-3-2-4-8-15)11-13-20(14-12-18)17-10-6-5-9-16(17)19/h2-10H,11-14,19H2,1H3. The third-order valence-corrected chi connectivity index (χ3v) is 4.62. The van der Waals surface area contributed by atoms with Crippen LogP contribution in [-0.4, -0.2) is 13.1 Å². The molecule has 2 heteroatoms. The van der Waals surface area contributed by atoms with E-state index in [0.717, 1.165) is 18.8 Å². The summed E-state index contributed by atoms with van der Waals surface area (Å²) in [6.07, 6.45) is 2.34. The summed E-state index contributed by atoms with van der Waals surface area (Å²) in [5.41, 5.74) is 9.91. The van der Waals surface area contributed by atoms with Crippen LogP contribution in [0.15, 0.2) is 54.6 Å². The topological polar surface area (TPSA) is 29.3 Å². The first-order valence-electron chi connectivity index (χ1n) is 7.34. The van der Waals surface area contributed by atoms with E-state index in [1.807, 2.05) is 12.1 Å². The molecule has 1 fully saturated rings. The maximum atomic E-state index is 6.09. The van der Waals surface area contributed by atoms with Gasteiger partial charge in [-0.05, 0) is 36.0 Å². The largest absolute Gasteiger partial charge is 0.397 e. The van der Waals surface area contributed by atoms with E-state index in [0.29, 0.717) is 5.41 Å². The molecular formula is C18H22N2. The lowest BCUT2D eigenvalue weighted by atomic mass is 9.74. The Hall–Kier alpha value is -1.96. The fourth-order valence-electron chi connectivity index (χ4n) is 3.15. The van der Waals surface area contributed by atoms with Gasteiger partial charge in [0.05, 0.1) is 11.4 Å². The molecule has 1 heterocycles. The Morgan fingerprint density at radius 3 is 2.15 bits per heavy atom. The molecule has 0 aromatic heterocycles. The summed E-state index contributed by atoms with van der Waals surface area (Å²) in [5.74, 6) is 0. The minimum Gasteiger partial charge on any atom is -0.397 e. The van der Waals surface area contributed by atoms with Crippen molar-refractivity contribution in [3.63, 3.8) is 0 Å². The van der Waals surface area contributed by atoms with Crippen LogP contribution in [0.3, 0.4) is 0 Å². The molecule has 20 heavy (non-hydrogen) atoms. The second-order valence-corrected chi connectivity index (χ2v) is 5.97. The first-order chi connectivity index (χ1) is 9.69. The van der Waals surface area contributed by atoms with Crippen LogP contribution in [-0.2, 0) is 5.41 Å². The number of nitrogen functional groups attached to an aromatic ring is 1. The molecule has 0 radical (unpaired) electrons. The van der Waals surface area contributed by atoms with Crippen LogP contribution in [0.25, 0.3) is 0 Å². The third kappa shape index (κ3) is 2.38. The van der Waals surface area contributed by atoms with Crippen molar-refractivity contribution in [2.24, 2.45) is 0 Å². The number of nitrogens with zero attached hydrogens (tertiary/aromatic N) is 1. The van der Waals surface area contributed by atoms with Gasteiger partial charge < -0.3 is 10.6 Å². The second kappa shape index (κ2) is 5.20. The number of nitrogens with two attached hydrogens (primary N) is 1. The molecule has 2 aromatic rings. The predicted molar refractivity (Wildman–Crippen MR) is 86.1 cm³/mol. The minimum atomic E-state index is 0.293. The average Bonchev–Trinajstić information content (AvgIpc) is 2.50. The molecule has 2 aromatic carbocycles. The van der Waals surface area contributed by atoms with Crippen molar-refractivity contribution in [1.29, 1.82) is 0 Å². The van der Waals surface area contributed by atoms with Gasteiger partial charge >= 0.3 is 0 Å². The van der Waals surface area contributed by atoms with E-state index in [4.69, 9.17) is 5.73 Å². The quantitative estimate of drug-likeness (QED) is 0.837. The zero-order valence-corrected chi connectivity index (χ0v) is 12.0. The van der Waals surface area contributed by atoms with E-state index in [2.05, 4.69) is 54.3 Å². The smallest absolute Gasteiger partial charge is 0.0599 e. The molecule has 0 spiro atoms. The van der Waals surface area contributed by atoms with Gasteiger partial charge in [0.2, 0.25) is 0 Å². The SMILES string of the molecule is CC1(c2ccccc2)CCN(c2ccccc2N)CC1. The van der Waals surface area contributed by atoms with E-state index < -0.39 is 0 Å². The van der Waals surface area contributed by atoms with Crippen molar-refractivity contribution < 1.29 is 0 Å². The summed E-state index contributed by atoms with van der Waals surface area (Å²) in [7, 11) is 0. The van der Waals surface area contributed by atoms with Gasteiger partial charge in [0.1, 0.15) is 0 Å². The first-order valence-corrected chi connectivity index (χ1v) is 7.34. The van der Waals surface area contributed by atoms with E-state index >= 15 is 0 Å². The van der Waals surface area contributed by atoms with E-state index in [9.17, 15) is 0 Å². The highest BCUT2D eigenvalue weighted by molar-refractivity contribution is 5.67. The lowest BCUT2D eigenvalue weighted by Crippen LogP contribution is -2.41. The van der Waals surface area contributed by atoms with Crippen LogP contribution in [0.5, 0.6) is 0 Å². The fraction of sp³-hybridized carbons (Fsp3) is 0.333. The number of benzene rings is 2. The summed E-state index contributed by atoms with van der Waals surface area (Å²) < 4.78 is 0. The molecular weight excluding hydrogens is 244 g/mol. The molecule has 1 aliphatic rings. The van der Waals surface area contributed by atoms with Gasteiger partial charge in [-0.3, -0.25) is 0 Å². The summed E-state index contributed by atoms with van der Waals surface area (Å²) in [4.78, 5) is 2.42. The van der Waals surface area contributed by atoms with E-state index in [1.165, 1.54) is 24.1 Å². The van der Waals surface area contributed by atoms with Gasteiger partial charge in [-0.1, -0.05) is 49.4 Å². The van der Waals surface area contributed by atoms with E-state index in [1.54, 1.807) is 0 Å². The Kier molecular flexibility index (Phi) is 3.39. The lowest BCUT2D eigenvalue weighted by Gasteiger charge is -2.41. The van der Waals surface area contributed by atoms with Crippen LogP contribution in [0, 0.1) is 0 Å².